The lowest BCUT2D eigenvalue weighted by Crippen LogP contribution is -2.43. The number of hydrogen-bond acceptors (Lipinski definition) is 5. The van der Waals surface area contributed by atoms with Gasteiger partial charge in [0.05, 0.1) is 16.9 Å². The lowest BCUT2D eigenvalue weighted by molar-refractivity contribution is -0.119. The predicted octanol–water partition coefficient (Wildman–Crippen LogP) is 1.96. The molecule has 0 saturated carbocycles. The lowest BCUT2D eigenvalue weighted by atomic mass is 10.1. The molecule has 1 N–H and O–H groups in total. The number of H-pyrrole nitrogens is 1. The van der Waals surface area contributed by atoms with Gasteiger partial charge in [-0.2, -0.15) is 10.4 Å². The van der Waals surface area contributed by atoms with Gasteiger partial charge in [0, 0.05) is 12.2 Å². The van der Waals surface area contributed by atoms with Gasteiger partial charge in [0.1, 0.15) is 6.33 Å². The Balaban J connectivity index is 1.76. The monoisotopic (exact) mass is 299 g/mol. The fourth-order valence-electron chi connectivity index (χ4n) is 2.31. The highest BCUT2D eigenvalue weighted by Gasteiger charge is 2.31. The highest BCUT2D eigenvalue weighted by molar-refractivity contribution is 8.00. The minimum absolute atomic E-state index is 0.0763. The number of carbonyl (C=O) groups excluding carboxylic acids is 1. The summed E-state index contributed by atoms with van der Waals surface area (Å²) >= 11 is 1.41. The molecule has 3 rings (SSSR count). The van der Waals surface area contributed by atoms with Crippen molar-refractivity contribution in [1.82, 2.24) is 15.2 Å². The Morgan fingerprint density at radius 1 is 1.38 bits per heavy atom. The van der Waals surface area contributed by atoms with Crippen molar-refractivity contribution in [3.63, 3.8) is 0 Å². The molecule has 1 aromatic heterocycles. The summed E-state index contributed by atoms with van der Waals surface area (Å²) in [5.41, 5.74) is 1.43. The van der Waals surface area contributed by atoms with Gasteiger partial charge in [0.15, 0.2) is 5.16 Å². The van der Waals surface area contributed by atoms with Gasteiger partial charge in [-0.15, -0.1) is 0 Å². The van der Waals surface area contributed by atoms with Gasteiger partial charge in [0.2, 0.25) is 5.91 Å². The first-order chi connectivity index (χ1) is 10.3. The molecule has 1 fully saturated rings. The molecule has 1 amide bonds. The van der Waals surface area contributed by atoms with Crippen LogP contribution in [-0.2, 0) is 4.79 Å². The van der Waals surface area contributed by atoms with Crippen LogP contribution in [-0.4, -0.2) is 32.9 Å². The van der Waals surface area contributed by atoms with E-state index in [-0.39, 0.29) is 11.2 Å². The molecule has 1 unspecified atom stereocenters. The molecule has 1 aliphatic heterocycles. The number of anilines is 1. The molecule has 1 aliphatic rings. The van der Waals surface area contributed by atoms with Crippen LogP contribution in [0.15, 0.2) is 35.7 Å². The first-order valence-electron chi connectivity index (χ1n) is 6.61. The number of nitrogens with zero attached hydrogens (tertiary/aromatic N) is 4. The minimum atomic E-state index is -0.151. The SMILES string of the molecule is N#Cc1ccc(N2CCCC(Sc3ncn[nH]3)C2=O)cc1. The van der Waals surface area contributed by atoms with Crippen LogP contribution < -0.4 is 4.90 Å². The largest absolute Gasteiger partial charge is 0.311 e. The van der Waals surface area contributed by atoms with E-state index in [2.05, 4.69) is 21.3 Å². The zero-order valence-electron chi connectivity index (χ0n) is 11.2. The number of aromatic amines is 1. The summed E-state index contributed by atoms with van der Waals surface area (Å²) in [7, 11) is 0. The maximum Gasteiger partial charge on any atom is 0.240 e. The Labute approximate surface area is 126 Å². The van der Waals surface area contributed by atoms with Crippen molar-refractivity contribution in [2.75, 3.05) is 11.4 Å². The van der Waals surface area contributed by atoms with E-state index in [4.69, 9.17) is 5.26 Å². The van der Waals surface area contributed by atoms with Gasteiger partial charge in [-0.25, -0.2) is 4.98 Å². The number of piperidine rings is 1. The molecule has 6 nitrogen and oxygen atoms in total. The van der Waals surface area contributed by atoms with E-state index in [1.165, 1.54) is 18.1 Å². The molecule has 2 heterocycles. The molecule has 106 valence electrons. The molecule has 0 spiro atoms. The summed E-state index contributed by atoms with van der Waals surface area (Å²) < 4.78 is 0. The third-order valence-corrected chi connectivity index (χ3v) is 4.49. The molecule has 1 aromatic carbocycles. The summed E-state index contributed by atoms with van der Waals surface area (Å²) in [6.45, 7) is 0.707. The average molecular weight is 299 g/mol. The maximum absolute atomic E-state index is 12.6. The third-order valence-electron chi connectivity index (χ3n) is 3.34. The van der Waals surface area contributed by atoms with Gasteiger partial charge in [-0.3, -0.25) is 9.89 Å². The van der Waals surface area contributed by atoms with Crippen molar-refractivity contribution in [3.8, 4) is 6.07 Å². The number of benzene rings is 1. The Bertz CT molecular complexity index is 662. The Hall–Kier alpha value is -2.33. The predicted molar refractivity (Wildman–Crippen MR) is 78.8 cm³/mol. The number of thioether (sulfide) groups is 1. The molecule has 0 aliphatic carbocycles. The van der Waals surface area contributed by atoms with Crippen LogP contribution in [0.5, 0.6) is 0 Å². The minimum Gasteiger partial charge on any atom is -0.311 e. The number of carbonyl (C=O) groups is 1. The fraction of sp³-hybridized carbons (Fsp3) is 0.286. The quantitative estimate of drug-likeness (QED) is 0.936. The van der Waals surface area contributed by atoms with E-state index in [0.29, 0.717) is 17.3 Å². The van der Waals surface area contributed by atoms with Gasteiger partial charge in [-0.1, -0.05) is 11.8 Å². The highest BCUT2D eigenvalue weighted by Crippen LogP contribution is 2.30. The smallest absolute Gasteiger partial charge is 0.240 e. The fourth-order valence-corrected chi connectivity index (χ4v) is 3.31. The van der Waals surface area contributed by atoms with E-state index in [1.54, 1.807) is 17.0 Å². The van der Waals surface area contributed by atoms with Crippen molar-refractivity contribution < 1.29 is 4.79 Å². The molecule has 1 saturated heterocycles. The van der Waals surface area contributed by atoms with Crippen LogP contribution in [0.4, 0.5) is 5.69 Å². The van der Waals surface area contributed by atoms with Crippen LogP contribution in [0.1, 0.15) is 18.4 Å². The third kappa shape index (κ3) is 2.90. The topological polar surface area (TPSA) is 85.7 Å². The van der Waals surface area contributed by atoms with Gasteiger partial charge < -0.3 is 4.90 Å². The summed E-state index contributed by atoms with van der Waals surface area (Å²) in [6, 6.07) is 9.18. The van der Waals surface area contributed by atoms with Crippen LogP contribution in [0.2, 0.25) is 0 Å². The number of rotatable bonds is 3. The first kappa shape index (κ1) is 13.6. The molecule has 21 heavy (non-hydrogen) atoms. The van der Waals surface area contributed by atoms with Gasteiger partial charge in [0.25, 0.3) is 0 Å². The van der Waals surface area contributed by atoms with E-state index in [0.717, 1.165) is 18.5 Å². The molecular formula is C14H13N5OS. The summed E-state index contributed by atoms with van der Waals surface area (Å²) in [4.78, 5) is 18.4. The lowest BCUT2D eigenvalue weighted by Gasteiger charge is -2.31. The number of amides is 1. The normalized spacial score (nSPS) is 18.5. The maximum atomic E-state index is 12.6. The Morgan fingerprint density at radius 2 is 2.19 bits per heavy atom. The number of aromatic nitrogens is 3. The second-order valence-corrected chi connectivity index (χ2v) is 5.88. The standard InChI is InChI=1S/C14H13N5OS/c15-8-10-3-5-11(6-4-10)19-7-1-2-12(13(19)20)21-14-16-9-17-18-14/h3-6,9,12H,1-2,7H2,(H,16,17,18). The Kier molecular flexibility index (Phi) is 3.88. The number of nitriles is 1. The summed E-state index contributed by atoms with van der Waals surface area (Å²) in [6.07, 6.45) is 3.21. The first-order valence-corrected chi connectivity index (χ1v) is 7.49. The van der Waals surface area contributed by atoms with Crippen LogP contribution >= 0.6 is 11.8 Å². The van der Waals surface area contributed by atoms with Crippen LogP contribution in [0, 0.1) is 11.3 Å². The van der Waals surface area contributed by atoms with Crippen molar-refractivity contribution in [2.24, 2.45) is 0 Å². The van der Waals surface area contributed by atoms with Crippen molar-refractivity contribution >= 4 is 23.4 Å². The molecular weight excluding hydrogens is 286 g/mol. The van der Waals surface area contributed by atoms with Crippen LogP contribution in [0.3, 0.4) is 0 Å². The zero-order valence-corrected chi connectivity index (χ0v) is 12.0. The van der Waals surface area contributed by atoms with Crippen molar-refractivity contribution in [1.29, 1.82) is 5.26 Å². The Morgan fingerprint density at radius 3 is 2.86 bits per heavy atom. The summed E-state index contributed by atoms with van der Waals surface area (Å²) in [5.74, 6) is 0.0763. The van der Waals surface area contributed by atoms with E-state index in [9.17, 15) is 4.79 Å². The molecule has 1 atom stereocenters. The molecule has 0 radical (unpaired) electrons. The second kappa shape index (κ2) is 5.97. The molecule has 7 heteroatoms. The van der Waals surface area contributed by atoms with Gasteiger partial charge in [-0.05, 0) is 37.1 Å². The van der Waals surface area contributed by atoms with Crippen molar-refractivity contribution in [3.05, 3.63) is 36.2 Å². The van der Waals surface area contributed by atoms with Gasteiger partial charge >= 0.3 is 0 Å². The van der Waals surface area contributed by atoms with E-state index in [1.807, 2.05) is 12.1 Å². The van der Waals surface area contributed by atoms with E-state index < -0.39 is 0 Å². The van der Waals surface area contributed by atoms with E-state index >= 15 is 0 Å². The number of nitrogens with one attached hydrogen (secondary N) is 1. The number of hydrogen-bond donors (Lipinski definition) is 1. The summed E-state index contributed by atoms with van der Waals surface area (Å²) in [5, 5.41) is 15.9. The van der Waals surface area contributed by atoms with Crippen LogP contribution in [0.25, 0.3) is 0 Å². The molecule has 0 bridgehead atoms. The zero-order chi connectivity index (χ0) is 14.7. The highest BCUT2D eigenvalue weighted by atomic mass is 32.2. The van der Waals surface area contributed by atoms with Crippen molar-refractivity contribution in [2.45, 2.75) is 23.2 Å². The second-order valence-electron chi connectivity index (χ2n) is 4.69. The average Bonchev–Trinajstić information content (AvgIpc) is 3.03. The molecule has 2 aromatic rings.